The van der Waals surface area contributed by atoms with Crippen molar-refractivity contribution in [3.05, 3.63) is 46.2 Å². The third kappa shape index (κ3) is 3.33. The molecule has 2 rings (SSSR count). The van der Waals surface area contributed by atoms with Crippen LogP contribution in [0.3, 0.4) is 0 Å². The standard InChI is InChI=1S/C17H22ClN3O/c1-11(2)10-20(5)17(22)14-6-8-15(9-7-14)21-13(4)16(18)12(3)19-21/h6-9,11H,10H2,1-5H3. The maximum absolute atomic E-state index is 12.3. The highest BCUT2D eigenvalue weighted by Crippen LogP contribution is 2.22. The van der Waals surface area contributed by atoms with Crippen LogP contribution in [0.5, 0.6) is 0 Å². The number of rotatable bonds is 4. The van der Waals surface area contributed by atoms with Gasteiger partial charge in [-0.05, 0) is 44.0 Å². The molecule has 0 fully saturated rings. The van der Waals surface area contributed by atoms with Gasteiger partial charge in [-0.25, -0.2) is 4.68 Å². The van der Waals surface area contributed by atoms with Crippen molar-refractivity contribution >= 4 is 17.5 Å². The van der Waals surface area contributed by atoms with Crippen LogP contribution in [0.25, 0.3) is 5.69 Å². The molecule has 5 heteroatoms. The Kier molecular flexibility index (Phi) is 4.91. The summed E-state index contributed by atoms with van der Waals surface area (Å²) in [5, 5.41) is 5.10. The van der Waals surface area contributed by atoms with Gasteiger partial charge in [-0.2, -0.15) is 5.10 Å². The van der Waals surface area contributed by atoms with E-state index in [4.69, 9.17) is 11.6 Å². The zero-order valence-corrected chi connectivity index (χ0v) is 14.5. The Labute approximate surface area is 136 Å². The summed E-state index contributed by atoms with van der Waals surface area (Å²) in [6, 6.07) is 7.45. The van der Waals surface area contributed by atoms with E-state index in [1.165, 1.54) is 0 Å². The van der Waals surface area contributed by atoms with E-state index >= 15 is 0 Å². The van der Waals surface area contributed by atoms with Gasteiger partial charge in [0.05, 0.1) is 22.1 Å². The van der Waals surface area contributed by atoms with Crippen LogP contribution in [-0.4, -0.2) is 34.2 Å². The first-order valence-electron chi connectivity index (χ1n) is 7.39. The molecule has 0 spiro atoms. The first-order chi connectivity index (χ1) is 10.3. The first kappa shape index (κ1) is 16.6. The van der Waals surface area contributed by atoms with E-state index in [9.17, 15) is 4.79 Å². The molecule has 1 amide bonds. The van der Waals surface area contributed by atoms with Gasteiger partial charge in [0.15, 0.2) is 0 Å². The Morgan fingerprint density at radius 2 is 1.86 bits per heavy atom. The van der Waals surface area contributed by atoms with Crippen LogP contribution < -0.4 is 0 Å². The highest BCUT2D eigenvalue weighted by atomic mass is 35.5. The van der Waals surface area contributed by atoms with Gasteiger partial charge in [0.1, 0.15) is 0 Å². The topological polar surface area (TPSA) is 38.1 Å². The zero-order valence-electron chi connectivity index (χ0n) is 13.7. The van der Waals surface area contributed by atoms with E-state index in [2.05, 4.69) is 18.9 Å². The number of aromatic nitrogens is 2. The molecular formula is C17H22ClN3O. The normalized spacial score (nSPS) is 11.0. The summed E-state index contributed by atoms with van der Waals surface area (Å²) in [4.78, 5) is 14.1. The van der Waals surface area contributed by atoms with E-state index in [-0.39, 0.29) is 5.91 Å². The molecular weight excluding hydrogens is 298 g/mol. The Hall–Kier alpha value is -1.81. The van der Waals surface area contributed by atoms with Crippen molar-refractivity contribution in [2.75, 3.05) is 13.6 Å². The molecule has 0 radical (unpaired) electrons. The van der Waals surface area contributed by atoms with Crippen molar-refractivity contribution in [2.24, 2.45) is 5.92 Å². The first-order valence-corrected chi connectivity index (χ1v) is 7.76. The second-order valence-corrected chi connectivity index (χ2v) is 6.40. The van der Waals surface area contributed by atoms with E-state index in [1.807, 2.05) is 45.2 Å². The minimum atomic E-state index is 0.0339. The predicted octanol–water partition coefficient (Wildman–Crippen LogP) is 3.87. The molecule has 4 nitrogen and oxygen atoms in total. The molecule has 0 saturated carbocycles. The maximum atomic E-state index is 12.3. The summed E-state index contributed by atoms with van der Waals surface area (Å²) in [5.41, 5.74) is 3.28. The van der Waals surface area contributed by atoms with Gasteiger partial charge in [0.2, 0.25) is 0 Å². The fourth-order valence-electron chi connectivity index (χ4n) is 2.47. The average Bonchev–Trinajstić information content (AvgIpc) is 2.73. The van der Waals surface area contributed by atoms with Crippen molar-refractivity contribution in [3.8, 4) is 5.69 Å². The monoisotopic (exact) mass is 319 g/mol. The molecule has 0 saturated heterocycles. The van der Waals surface area contributed by atoms with E-state index in [0.29, 0.717) is 16.5 Å². The molecule has 22 heavy (non-hydrogen) atoms. The molecule has 0 unspecified atom stereocenters. The molecule has 0 N–H and O–H groups in total. The Bertz CT molecular complexity index is 674. The molecule has 2 aromatic rings. The second kappa shape index (κ2) is 6.53. The SMILES string of the molecule is Cc1nn(-c2ccc(C(=O)N(C)CC(C)C)cc2)c(C)c1Cl. The van der Waals surface area contributed by atoms with Gasteiger partial charge in [0.25, 0.3) is 5.91 Å². The smallest absolute Gasteiger partial charge is 0.253 e. The Balaban J connectivity index is 2.23. The van der Waals surface area contributed by atoms with Gasteiger partial charge in [0, 0.05) is 19.2 Å². The Morgan fingerprint density at radius 1 is 1.27 bits per heavy atom. The third-order valence-corrected chi connectivity index (χ3v) is 4.09. The molecule has 1 aromatic heterocycles. The summed E-state index contributed by atoms with van der Waals surface area (Å²) >= 11 is 6.18. The summed E-state index contributed by atoms with van der Waals surface area (Å²) < 4.78 is 1.80. The predicted molar refractivity (Wildman–Crippen MR) is 89.8 cm³/mol. The number of hydrogen-bond donors (Lipinski definition) is 0. The lowest BCUT2D eigenvalue weighted by Gasteiger charge is -2.19. The van der Waals surface area contributed by atoms with Gasteiger partial charge in [-0.3, -0.25) is 4.79 Å². The fraction of sp³-hybridized carbons (Fsp3) is 0.412. The number of benzene rings is 1. The summed E-state index contributed by atoms with van der Waals surface area (Å²) in [7, 11) is 1.83. The van der Waals surface area contributed by atoms with Crippen molar-refractivity contribution in [3.63, 3.8) is 0 Å². The minimum absolute atomic E-state index is 0.0339. The van der Waals surface area contributed by atoms with E-state index in [0.717, 1.165) is 23.6 Å². The van der Waals surface area contributed by atoms with Gasteiger partial charge in [-0.15, -0.1) is 0 Å². The largest absolute Gasteiger partial charge is 0.341 e. The molecule has 1 aromatic carbocycles. The van der Waals surface area contributed by atoms with Crippen LogP contribution in [0.2, 0.25) is 5.02 Å². The molecule has 0 bridgehead atoms. The van der Waals surface area contributed by atoms with E-state index < -0.39 is 0 Å². The van der Waals surface area contributed by atoms with Crippen LogP contribution in [0.1, 0.15) is 35.6 Å². The molecule has 0 aliphatic heterocycles. The number of carbonyl (C=O) groups is 1. The van der Waals surface area contributed by atoms with Crippen molar-refractivity contribution < 1.29 is 4.79 Å². The van der Waals surface area contributed by atoms with Crippen molar-refractivity contribution in [1.29, 1.82) is 0 Å². The fourth-order valence-corrected chi connectivity index (χ4v) is 2.59. The van der Waals surface area contributed by atoms with Crippen LogP contribution in [0.4, 0.5) is 0 Å². The quantitative estimate of drug-likeness (QED) is 0.858. The maximum Gasteiger partial charge on any atom is 0.253 e. The molecule has 0 atom stereocenters. The highest BCUT2D eigenvalue weighted by molar-refractivity contribution is 6.31. The van der Waals surface area contributed by atoms with Crippen LogP contribution in [0.15, 0.2) is 24.3 Å². The lowest BCUT2D eigenvalue weighted by molar-refractivity contribution is 0.0779. The van der Waals surface area contributed by atoms with Gasteiger partial charge in [-0.1, -0.05) is 25.4 Å². The molecule has 118 valence electrons. The Morgan fingerprint density at radius 3 is 2.32 bits per heavy atom. The number of halogens is 1. The van der Waals surface area contributed by atoms with Crippen LogP contribution in [0, 0.1) is 19.8 Å². The summed E-state index contributed by atoms with van der Waals surface area (Å²) in [5.74, 6) is 0.483. The third-order valence-electron chi connectivity index (χ3n) is 3.55. The van der Waals surface area contributed by atoms with Gasteiger partial charge >= 0.3 is 0 Å². The molecule has 0 aliphatic rings. The summed E-state index contributed by atoms with van der Waals surface area (Å²) in [6.07, 6.45) is 0. The van der Waals surface area contributed by atoms with Gasteiger partial charge < -0.3 is 4.90 Å². The minimum Gasteiger partial charge on any atom is -0.341 e. The zero-order chi connectivity index (χ0) is 16.4. The average molecular weight is 320 g/mol. The summed E-state index contributed by atoms with van der Waals surface area (Å²) in [6.45, 7) is 8.74. The lowest BCUT2D eigenvalue weighted by atomic mass is 10.1. The molecule has 0 aliphatic carbocycles. The number of aryl methyl sites for hydroxylation is 1. The van der Waals surface area contributed by atoms with Crippen molar-refractivity contribution in [2.45, 2.75) is 27.7 Å². The van der Waals surface area contributed by atoms with Crippen LogP contribution in [-0.2, 0) is 0 Å². The number of nitrogens with zero attached hydrogens (tertiary/aromatic N) is 3. The number of hydrogen-bond acceptors (Lipinski definition) is 2. The van der Waals surface area contributed by atoms with E-state index in [1.54, 1.807) is 9.58 Å². The molecule has 1 heterocycles. The second-order valence-electron chi connectivity index (χ2n) is 6.02. The number of amides is 1. The highest BCUT2D eigenvalue weighted by Gasteiger charge is 2.14. The lowest BCUT2D eigenvalue weighted by Crippen LogP contribution is -2.30. The van der Waals surface area contributed by atoms with Crippen molar-refractivity contribution in [1.82, 2.24) is 14.7 Å². The number of carbonyl (C=O) groups excluding carboxylic acids is 1. The van der Waals surface area contributed by atoms with Crippen LogP contribution >= 0.6 is 11.6 Å².